The summed E-state index contributed by atoms with van der Waals surface area (Å²) in [7, 11) is 0. The van der Waals surface area contributed by atoms with Crippen LogP contribution >= 0.6 is 21.0 Å². The summed E-state index contributed by atoms with van der Waals surface area (Å²) >= 11 is 4.49. The molecule has 0 aliphatic heterocycles. The van der Waals surface area contributed by atoms with E-state index in [4.69, 9.17) is 9.52 Å². The number of rotatable bonds is 8. The third-order valence-electron chi connectivity index (χ3n) is 7.78. The average molecular weight is 643 g/mol. The van der Waals surface area contributed by atoms with Crippen molar-refractivity contribution in [3.05, 3.63) is 193 Å². The molecular weight excluding hydrogens is 609 g/mol. The Morgan fingerprint density at radius 2 is 0.860 bits per heavy atom. The first-order valence-corrected chi connectivity index (χ1v) is 18.6. The molecule has 2 nitrogen and oxygen atoms in total. The quantitative estimate of drug-likeness (QED) is 0.0921. The fourth-order valence-corrected chi connectivity index (χ4v) is 12.0. The van der Waals surface area contributed by atoms with E-state index in [-0.39, 0.29) is 5.92 Å². The molecule has 0 aromatic heterocycles. The van der Waals surface area contributed by atoms with Gasteiger partial charge in [0.25, 0.3) is 0 Å². The van der Waals surface area contributed by atoms with Gasteiger partial charge in [0, 0.05) is 0 Å². The fraction of sp³-hybridized carbons (Fsp3) is 0.0513. The number of aliphatic imine (C=N–C) groups is 1. The van der Waals surface area contributed by atoms with Crippen molar-refractivity contribution in [3.63, 3.8) is 0 Å². The maximum absolute atomic E-state index is 7.81. The molecule has 0 N–H and O–H groups in total. The van der Waals surface area contributed by atoms with Crippen LogP contribution in [0.2, 0.25) is 0 Å². The Bertz CT molecular complexity index is 1670. The van der Waals surface area contributed by atoms with Crippen LogP contribution in [0.5, 0.6) is 0 Å². The van der Waals surface area contributed by atoms with E-state index >= 15 is 0 Å². The number of benzene rings is 6. The number of nitrogens with zero attached hydrogens (tertiary/aromatic N) is 1. The second-order valence-electron chi connectivity index (χ2n) is 10.5. The number of hydrogen-bond donors (Lipinski definition) is 0. The monoisotopic (exact) mass is 641 g/mol. The van der Waals surface area contributed by atoms with Crippen molar-refractivity contribution in [2.24, 2.45) is 4.99 Å². The van der Waals surface area contributed by atoms with Crippen LogP contribution in [0.25, 0.3) is 0 Å². The predicted octanol–water partition coefficient (Wildman–Crippen LogP) is 9.63. The van der Waals surface area contributed by atoms with Gasteiger partial charge < -0.3 is 0 Å². The van der Waals surface area contributed by atoms with Crippen molar-refractivity contribution in [2.45, 2.75) is 12.8 Å². The van der Waals surface area contributed by atoms with E-state index in [2.05, 4.69) is 156 Å². The molecule has 212 valence electrons. The first kappa shape index (κ1) is 28.8. The molecule has 0 bridgehead atoms. The standard InChI is InChI=1S/C39H33BrNOP/c1-31-19-17-18-30-37(31)41-39(38(32-20-7-2-8-21-32)33-22-9-3-10-23-33)42-43(40,34-24-11-4-12-25-34,35-26-13-5-14-27-35)36-28-15-6-16-29-36/h2-30,38H,1H3. The van der Waals surface area contributed by atoms with Crippen LogP contribution < -0.4 is 15.9 Å². The molecule has 4 heteroatoms. The molecule has 0 radical (unpaired) electrons. The van der Waals surface area contributed by atoms with Gasteiger partial charge in [-0.2, -0.15) is 0 Å². The Kier molecular flexibility index (Phi) is 8.38. The molecule has 43 heavy (non-hydrogen) atoms. The Balaban J connectivity index is 1.72. The normalized spacial score (nSPS) is 12.8. The van der Waals surface area contributed by atoms with Gasteiger partial charge in [-0.15, -0.1) is 0 Å². The minimum atomic E-state index is -3.84. The van der Waals surface area contributed by atoms with Crippen molar-refractivity contribution < 1.29 is 4.52 Å². The molecule has 0 aliphatic rings. The molecule has 0 amide bonds. The molecule has 6 rings (SSSR count). The zero-order valence-electron chi connectivity index (χ0n) is 24.0. The van der Waals surface area contributed by atoms with Gasteiger partial charge in [0.15, 0.2) is 0 Å². The summed E-state index contributed by atoms with van der Waals surface area (Å²) in [6.07, 6.45) is 0. The van der Waals surface area contributed by atoms with Crippen LogP contribution in [0.1, 0.15) is 22.6 Å². The van der Waals surface area contributed by atoms with E-state index in [0.717, 1.165) is 38.3 Å². The summed E-state index contributed by atoms with van der Waals surface area (Å²) in [5.74, 6) is 0.356. The molecule has 0 saturated heterocycles. The van der Waals surface area contributed by atoms with Crippen LogP contribution in [0, 0.1) is 6.92 Å². The SMILES string of the molecule is Cc1ccccc1N=C(OP(Br)(c1ccccc1)(c1ccccc1)c1ccccc1)C(c1ccccc1)c1ccccc1. The topological polar surface area (TPSA) is 21.6 Å². The van der Waals surface area contributed by atoms with Gasteiger partial charge in [0.05, 0.1) is 0 Å². The average Bonchev–Trinajstić information content (AvgIpc) is 3.08. The van der Waals surface area contributed by atoms with E-state index in [0.29, 0.717) is 5.90 Å². The van der Waals surface area contributed by atoms with Gasteiger partial charge in [-0.25, -0.2) is 0 Å². The van der Waals surface area contributed by atoms with Gasteiger partial charge in [-0.1, -0.05) is 0 Å². The summed E-state index contributed by atoms with van der Waals surface area (Å²) in [6.45, 7) is 2.09. The van der Waals surface area contributed by atoms with Gasteiger partial charge in [-0.3, -0.25) is 0 Å². The molecule has 0 aliphatic carbocycles. The summed E-state index contributed by atoms with van der Waals surface area (Å²) < 4.78 is 7.81. The summed E-state index contributed by atoms with van der Waals surface area (Å²) in [6, 6.07) is 60.9. The van der Waals surface area contributed by atoms with Crippen LogP contribution in [-0.4, -0.2) is 5.90 Å². The van der Waals surface area contributed by atoms with E-state index < -0.39 is 5.53 Å². The van der Waals surface area contributed by atoms with E-state index in [1.165, 1.54) is 0 Å². The molecular formula is C39H33BrNOP. The molecule has 0 atom stereocenters. The summed E-state index contributed by atoms with van der Waals surface area (Å²) in [4.78, 5) is 5.41. The Morgan fingerprint density at radius 1 is 0.512 bits per heavy atom. The van der Waals surface area contributed by atoms with Gasteiger partial charge in [-0.05, 0) is 0 Å². The van der Waals surface area contributed by atoms with Gasteiger partial charge in [0.2, 0.25) is 0 Å². The van der Waals surface area contributed by atoms with Crippen molar-refractivity contribution in [3.8, 4) is 0 Å². The Hall–Kier alpha value is -4.30. The Labute approximate surface area is 262 Å². The van der Waals surface area contributed by atoms with Crippen molar-refractivity contribution in [1.82, 2.24) is 0 Å². The molecule has 6 aromatic carbocycles. The summed E-state index contributed by atoms with van der Waals surface area (Å²) in [5.41, 5.74) is 0.328. The molecule has 0 saturated carbocycles. The molecule has 0 heterocycles. The summed E-state index contributed by atoms with van der Waals surface area (Å²) in [5, 5.41) is 3.18. The van der Waals surface area contributed by atoms with Crippen molar-refractivity contribution in [2.75, 3.05) is 0 Å². The third kappa shape index (κ3) is 5.59. The van der Waals surface area contributed by atoms with Crippen LogP contribution in [0.3, 0.4) is 0 Å². The predicted molar refractivity (Wildman–Crippen MR) is 188 cm³/mol. The first-order chi connectivity index (χ1) is 21.1. The Morgan fingerprint density at radius 3 is 1.26 bits per heavy atom. The van der Waals surface area contributed by atoms with Gasteiger partial charge >= 0.3 is 263 Å². The molecule has 0 unspecified atom stereocenters. The van der Waals surface area contributed by atoms with E-state index in [1.54, 1.807) is 0 Å². The number of halogens is 1. The van der Waals surface area contributed by atoms with Gasteiger partial charge in [0.1, 0.15) is 0 Å². The number of para-hydroxylation sites is 1. The van der Waals surface area contributed by atoms with Crippen molar-refractivity contribution >= 4 is 48.5 Å². The van der Waals surface area contributed by atoms with Crippen molar-refractivity contribution in [1.29, 1.82) is 0 Å². The van der Waals surface area contributed by atoms with E-state index in [1.807, 2.05) is 42.5 Å². The molecule has 0 spiro atoms. The minimum absolute atomic E-state index is 0.266. The second-order valence-corrected chi connectivity index (χ2v) is 18.2. The van der Waals surface area contributed by atoms with Crippen LogP contribution in [0.15, 0.2) is 181 Å². The fourth-order valence-electron chi connectivity index (χ4n) is 5.58. The second kappa shape index (κ2) is 12.5. The van der Waals surface area contributed by atoms with E-state index in [9.17, 15) is 0 Å². The first-order valence-electron chi connectivity index (χ1n) is 14.4. The maximum atomic E-state index is 7.81. The van der Waals surface area contributed by atoms with Crippen LogP contribution in [0.4, 0.5) is 5.69 Å². The van der Waals surface area contributed by atoms with Crippen LogP contribution in [-0.2, 0) is 4.52 Å². The zero-order chi connectivity index (χ0) is 29.6. The third-order valence-corrected chi connectivity index (χ3v) is 16.1. The number of aryl methyl sites for hydroxylation is 1. The number of hydrogen-bond acceptors (Lipinski definition) is 2. The molecule has 0 fully saturated rings. The molecule has 6 aromatic rings. The zero-order valence-corrected chi connectivity index (χ0v) is 26.5.